The molecule has 1 aromatic rings. The lowest BCUT2D eigenvalue weighted by Crippen LogP contribution is -2.11. The number of carboxylic acid groups (broad SMARTS) is 1. The molecule has 0 bridgehead atoms. The standard InChI is InChI=1S/C10H10O5S/c11-9(12)6-15-8-3-1-2-7-4-5-16(13,14)10(7)8/h1-3H,4-6H2,(H,11,12). The minimum Gasteiger partial charge on any atom is -0.481 e. The summed E-state index contributed by atoms with van der Waals surface area (Å²) in [5, 5.41) is 8.48. The van der Waals surface area contributed by atoms with Crippen LogP contribution >= 0.6 is 0 Å². The Morgan fingerprint density at radius 1 is 1.44 bits per heavy atom. The van der Waals surface area contributed by atoms with Crippen LogP contribution in [0.5, 0.6) is 5.75 Å². The summed E-state index contributed by atoms with van der Waals surface area (Å²) in [5.41, 5.74) is 0.697. The van der Waals surface area contributed by atoms with Gasteiger partial charge in [-0.2, -0.15) is 0 Å². The van der Waals surface area contributed by atoms with Crippen molar-refractivity contribution in [1.29, 1.82) is 0 Å². The van der Waals surface area contributed by atoms with Gasteiger partial charge in [-0.15, -0.1) is 0 Å². The Morgan fingerprint density at radius 2 is 2.19 bits per heavy atom. The lowest BCUT2D eigenvalue weighted by Gasteiger charge is -2.07. The summed E-state index contributed by atoms with van der Waals surface area (Å²) in [7, 11) is -3.30. The first kappa shape index (κ1) is 10.9. The first-order chi connectivity index (χ1) is 7.50. The highest BCUT2D eigenvalue weighted by Gasteiger charge is 2.30. The zero-order valence-corrected chi connectivity index (χ0v) is 9.16. The number of aryl methyl sites for hydroxylation is 1. The first-order valence-electron chi connectivity index (χ1n) is 4.70. The quantitative estimate of drug-likeness (QED) is 0.833. The molecule has 1 aliphatic rings. The van der Waals surface area contributed by atoms with Gasteiger partial charge in [-0.25, -0.2) is 13.2 Å². The smallest absolute Gasteiger partial charge is 0.341 e. The molecule has 0 spiro atoms. The van der Waals surface area contributed by atoms with Crippen molar-refractivity contribution in [3.8, 4) is 5.75 Å². The molecule has 16 heavy (non-hydrogen) atoms. The van der Waals surface area contributed by atoms with E-state index in [9.17, 15) is 13.2 Å². The summed E-state index contributed by atoms with van der Waals surface area (Å²) in [6.45, 7) is -0.536. The van der Waals surface area contributed by atoms with Gasteiger partial charge in [-0.3, -0.25) is 0 Å². The van der Waals surface area contributed by atoms with Crippen LogP contribution in [0, 0.1) is 0 Å². The fraction of sp³-hybridized carbons (Fsp3) is 0.300. The van der Waals surface area contributed by atoms with E-state index in [2.05, 4.69) is 0 Å². The molecule has 5 nitrogen and oxygen atoms in total. The second-order valence-corrected chi connectivity index (χ2v) is 5.54. The van der Waals surface area contributed by atoms with Gasteiger partial charge in [0.25, 0.3) is 0 Å². The Kier molecular flexibility index (Phi) is 2.59. The molecule has 1 aromatic carbocycles. The second kappa shape index (κ2) is 3.79. The van der Waals surface area contributed by atoms with E-state index in [4.69, 9.17) is 9.84 Å². The average molecular weight is 242 g/mol. The number of carbonyl (C=O) groups is 1. The molecule has 86 valence electrons. The Labute approximate surface area is 92.6 Å². The van der Waals surface area contributed by atoms with Gasteiger partial charge in [0, 0.05) is 0 Å². The maximum Gasteiger partial charge on any atom is 0.341 e. The molecule has 6 heteroatoms. The molecule has 0 fully saturated rings. The van der Waals surface area contributed by atoms with E-state index in [1.807, 2.05) is 0 Å². The highest BCUT2D eigenvalue weighted by molar-refractivity contribution is 7.91. The molecule has 1 N–H and O–H groups in total. The van der Waals surface area contributed by atoms with E-state index in [0.29, 0.717) is 12.0 Å². The summed E-state index contributed by atoms with van der Waals surface area (Å²) in [4.78, 5) is 10.5. The zero-order chi connectivity index (χ0) is 11.8. The first-order valence-corrected chi connectivity index (χ1v) is 6.35. The van der Waals surface area contributed by atoms with Crippen LogP contribution in [0.4, 0.5) is 0 Å². The van der Waals surface area contributed by atoms with Crippen LogP contribution in [-0.2, 0) is 21.1 Å². The number of benzene rings is 1. The highest BCUT2D eigenvalue weighted by Crippen LogP contribution is 2.34. The van der Waals surface area contributed by atoms with Crippen LogP contribution in [0.2, 0.25) is 0 Å². The Balaban J connectivity index is 2.41. The Bertz CT molecular complexity index is 532. The predicted molar refractivity (Wildman–Crippen MR) is 55.3 cm³/mol. The SMILES string of the molecule is O=C(O)COc1cccc2c1S(=O)(=O)CC2. The summed E-state index contributed by atoms with van der Waals surface area (Å²) in [6.07, 6.45) is 0.460. The molecule has 2 rings (SSSR count). The number of hydrogen-bond donors (Lipinski definition) is 1. The van der Waals surface area contributed by atoms with E-state index in [1.165, 1.54) is 6.07 Å². The number of hydrogen-bond acceptors (Lipinski definition) is 4. The van der Waals surface area contributed by atoms with Crippen molar-refractivity contribution < 1.29 is 23.1 Å². The average Bonchev–Trinajstić information content (AvgIpc) is 2.53. The number of aliphatic carboxylic acids is 1. The van der Waals surface area contributed by atoms with Crippen LogP contribution < -0.4 is 4.74 Å². The number of ether oxygens (including phenoxy) is 1. The second-order valence-electron chi connectivity index (χ2n) is 3.50. The van der Waals surface area contributed by atoms with E-state index in [0.717, 1.165) is 0 Å². The molecule has 0 saturated carbocycles. The van der Waals surface area contributed by atoms with E-state index < -0.39 is 22.4 Å². The fourth-order valence-corrected chi connectivity index (χ4v) is 3.41. The number of carboxylic acids is 1. The lowest BCUT2D eigenvalue weighted by molar-refractivity contribution is -0.139. The van der Waals surface area contributed by atoms with Crippen molar-refractivity contribution >= 4 is 15.8 Å². The zero-order valence-electron chi connectivity index (χ0n) is 8.34. The molecule has 0 amide bonds. The van der Waals surface area contributed by atoms with Crippen molar-refractivity contribution in [1.82, 2.24) is 0 Å². The topological polar surface area (TPSA) is 80.7 Å². The third kappa shape index (κ3) is 1.88. The van der Waals surface area contributed by atoms with Gasteiger partial charge in [0.1, 0.15) is 10.6 Å². The maximum absolute atomic E-state index is 11.7. The molecular formula is C10H10O5S. The van der Waals surface area contributed by atoms with Gasteiger partial charge < -0.3 is 9.84 Å². The Morgan fingerprint density at radius 3 is 2.88 bits per heavy atom. The minimum absolute atomic E-state index is 0.0653. The number of sulfone groups is 1. The third-order valence-electron chi connectivity index (χ3n) is 2.36. The van der Waals surface area contributed by atoms with E-state index >= 15 is 0 Å². The molecule has 1 heterocycles. The van der Waals surface area contributed by atoms with Gasteiger partial charge in [-0.1, -0.05) is 12.1 Å². The van der Waals surface area contributed by atoms with Crippen LogP contribution in [0.25, 0.3) is 0 Å². The van der Waals surface area contributed by atoms with Crippen LogP contribution in [0.3, 0.4) is 0 Å². The molecule has 0 atom stereocenters. The molecule has 1 aliphatic heterocycles. The van der Waals surface area contributed by atoms with Crippen LogP contribution in [0.1, 0.15) is 5.56 Å². The molecular weight excluding hydrogens is 232 g/mol. The van der Waals surface area contributed by atoms with Crippen LogP contribution in [-0.4, -0.2) is 31.9 Å². The largest absolute Gasteiger partial charge is 0.481 e. The number of rotatable bonds is 3. The normalized spacial score (nSPS) is 16.8. The molecule has 0 unspecified atom stereocenters. The monoisotopic (exact) mass is 242 g/mol. The maximum atomic E-state index is 11.7. The molecule has 0 aromatic heterocycles. The summed E-state index contributed by atoms with van der Waals surface area (Å²) in [5.74, 6) is -0.930. The van der Waals surface area contributed by atoms with Crippen LogP contribution in [0.15, 0.2) is 23.1 Å². The third-order valence-corrected chi connectivity index (χ3v) is 4.19. The highest BCUT2D eigenvalue weighted by atomic mass is 32.2. The van der Waals surface area contributed by atoms with Gasteiger partial charge in [-0.05, 0) is 18.1 Å². The van der Waals surface area contributed by atoms with Crippen molar-refractivity contribution in [2.45, 2.75) is 11.3 Å². The van der Waals surface area contributed by atoms with Crippen molar-refractivity contribution in [3.63, 3.8) is 0 Å². The van der Waals surface area contributed by atoms with Crippen molar-refractivity contribution in [2.24, 2.45) is 0 Å². The molecule has 0 saturated heterocycles. The van der Waals surface area contributed by atoms with E-state index in [1.54, 1.807) is 12.1 Å². The predicted octanol–water partition coefficient (Wildman–Crippen LogP) is 0.480. The van der Waals surface area contributed by atoms with Crippen molar-refractivity contribution in [2.75, 3.05) is 12.4 Å². The molecule has 0 radical (unpaired) electrons. The van der Waals surface area contributed by atoms with Crippen molar-refractivity contribution in [3.05, 3.63) is 23.8 Å². The van der Waals surface area contributed by atoms with E-state index in [-0.39, 0.29) is 16.4 Å². The van der Waals surface area contributed by atoms with Gasteiger partial charge in [0.05, 0.1) is 5.75 Å². The fourth-order valence-electron chi connectivity index (χ4n) is 1.71. The minimum atomic E-state index is -3.30. The number of fused-ring (bicyclic) bond motifs is 1. The summed E-state index contributed by atoms with van der Waals surface area (Å²) < 4.78 is 28.3. The van der Waals surface area contributed by atoms with Gasteiger partial charge in [0.15, 0.2) is 16.4 Å². The molecule has 0 aliphatic carbocycles. The summed E-state index contributed by atoms with van der Waals surface area (Å²) >= 11 is 0. The van der Waals surface area contributed by atoms with Gasteiger partial charge >= 0.3 is 5.97 Å². The van der Waals surface area contributed by atoms with Gasteiger partial charge in [0.2, 0.25) is 0 Å². The lowest BCUT2D eigenvalue weighted by atomic mass is 10.2. The Hall–Kier alpha value is -1.56. The summed E-state index contributed by atoms with van der Waals surface area (Å²) in [6, 6.07) is 4.86.